The minimum Gasteiger partial charge on any atom is -0.391 e. The summed E-state index contributed by atoms with van der Waals surface area (Å²) in [5.74, 6) is -0.400. The first-order valence-electron chi connectivity index (χ1n) is 6.81. The summed E-state index contributed by atoms with van der Waals surface area (Å²) in [6.45, 7) is -0.462. The molecular formula is C16H10ClFN2O4. The quantitative estimate of drug-likeness (QED) is 0.563. The summed E-state index contributed by atoms with van der Waals surface area (Å²) in [5.41, 5.74) is 0.752. The number of rotatable bonds is 4. The highest BCUT2D eigenvalue weighted by atomic mass is 35.5. The molecule has 1 N–H and O–H groups in total. The molecule has 122 valence electrons. The maximum Gasteiger partial charge on any atom is 0.269 e. The van der Waals surface area contributed by atoms with Gasteiger partial charge in [-0.3, -0.25) is 10.1 Å². The van der Waals surface area contributed by atoms with Crippen molar-refractivity contribution in [2.24, 2.45) is 0 Å². The Bertz CT molecular complexity index is 889. The van der Waals surface area contributed by atoms with E-state index in [0.29, 0.717) is 5.56 Å². The molecule has 8 heteroatoms. The van der Waals surface area contributed by atoms with Crippen LogP contribution in [0.4, 0.5) is 10.1 Å². The second kappa shape index (κ2) is 6.38. The summed E-state index contributed by atoms with van der Waals surface area (Å²) in [6.07, 6.45) is 0. The molecule has 1 heterocycles. The van der Waals surface area contributed by atoms with E-state index >= 15 is 0 Å². The molecule has 0 aliphatic heterocycles. The molecule has 0 aliphatic carbocycles. The maximum absolute atomic E-state index is 14.1. The van der Waals surface area contributed by atoms with Crippen LogP contribution in [-0.4, -0.2) is 15.2 Å². The van der Waals surface area contributed by atoms with Crippen molar-refractivity contribution in [2.75, 3.05) is 0 Å². The second-order valence-electron chi connectivity index (χ2n) is 4.90. The third kappa shape index (κ3) is 2.75. The van der Waals surface area contributed by atoms with E-state index in [1.54, 1.807) is 0 Å². The molecule has 1 aromatic heterocycles. The molecule has 0 atom stereocenters. The van der Waals surface area contributed by atoms with Gasteiger partial charge in [0.15, 0.2) is 5.76 Å². The molecule has 0 unspecified atom stereocenters. The summed E-state index contributed by atoms with van der Waals surface area (Å²) >= 11 is 6.03. The molecule has 3 aromatic rings. The fourth-order valence-electron chi connectivity index (χ4n) is 2.34. The zero-order valence-corrected chi connectivity index (χ0v) is 12.8. The number of aliphatic hydroxyl groups excluding tert-OH is 1. The van der Waals surface area contributed by atoms with Crippen LogP contribution in [0.2, 0.25) is 5.02 Å². The molecule has 24 heavy (non-hydrogen) atoms. The first-order valence-corrected chi connectivity index (χ1v) is 7.19. The number of aromatic nitrogens is 1. The number of halogens is 2. The van der Waals surface area contributed by atoms with Crippen LogP contribution in [0.5, 0.6) is 0 Å². The summed E-state index contributed by atoms with van der Waals surface area (Å²) < 4.78 is 19.3. The van der Waals surface area contributed by atoms with Crippen molar-refractivity contribution in [3.63, 3.8) is 0 Å². The van der Waals surface area contributed by atoms with Crippen LogP contribution in [0.1, 0.15) is 5.56 Å². The molecule has 2 aromatic carbocycles. The van der Waals surface area contributed by atoms with E-state index < -0.39 is 17.3 Å². The van der Waals surface area contributed by atoms with Gasteiger partial charge >= 0.3 is 0 Å². The Morgan fingerprint density at radius 3 is 2.54 bits per heavy atom. The fourth-order valence-corrected chi connectivity index (χ4v) is 2.59. The van der Waals surface area contributed by atoms with Crippen molar-refractivity contribution in [2.45, 2.75) is 6.61 Å². The monoisotopic (exact) mass is 348 g/mol. The molecule has 0 radical (unpaired) electrons. The van der Waals surface area contributed by atoms with Crippen LogP contribution in [0.3, 0.4) is 0 Å². The third-order valence-corrected chi connectivity index (χ3v) is 3.80. The summed E-state index contributed by atoms with van der Waals surface area (Å²) in [7, 11) is 0. The number of nitro groups is 1. The van der Waals surface area contributed by atoms with Gasteiger partial charge in [-0.15, -0.1) is 0 Å². The van der Waals surface area contributed by atoms with Crippen LogP contribution in [0, 0.1) is 15.9 Å². The molecule has 0 amide bonds. The first kappa shape index (κ1) is 16.1. The second-order valence-corrected chi connectivity index (χ2v) is 5.30. The minimum atomic E-state index is -0.597. The van der Waals surface area contributed by atoms with Gasteiger partial charge in [0.2, 0.25) is 0 Å². The van der Waals surface area contributed by atoms with Gasteiger partial charge < -0.3 is 9.63 Å². The number of hydrogen-bond donors (Lipinski definition) is 1. The molecular weight excluding hydrogens is 339 g/mol. The third-order valence-electron chi connectivity index (χ3n) is 3.49. The van der Waals surface area contributed by atoms with Crippen LogP contribution >= 0.6 is 11.6 Å². The van der Waals surface area contributed by atoms with Gasteiger partial charge in [0, 0.05) is 17.7 Å². The largest absolute Gasteiger partial charge is 0.391 e. The Morgan fingerprint density at radius 2 is 1.96 bits per heavy atom. The van der Waals surface area contributed by atoms with Crippen LogP contribution in [0.25, 0.3) is 22.6 Å². The van der Waals surface area contributed by atoms with Gasteiger partial charge in [0.25, 0.3) is 5.69 Å². The molecule has 0 saturated heterocycles. The van der Waals surface area contributed by atoms with Crippen molar-refractivity contribution in [1.82, 2.24) is 5.16 Å². The van der Waals surface area contributed by atoms with Crippen LogP contribution in [0.15, 0.2) is 47.0 Å². The molecule has 3 rings (SSSR count). The molecule has 6 nitrogen and oxygen atoms in total. The lowest BCUT2D eigenvalue weighted by Crippen LogP contribution is -1.93. The standard InChI is InChI=1S/C16H10ClFN2O4/c17-12-2-1-3-13(18)14(12)15-11(8-21)16(24-19-15)9-4-6-10(7-5-9)20(22)23/h1-7,21H,8H2. The van der Waals surface area contributed by atoms with Gasteiger partial charge in [-0.05, 0) is 24.3 Å². The number of aliphatic hydroxyl groups is 1. The Labute approximate surface area is 140 Å². The van der Waals surface area contributed by atoms with Gasteiger partial charge in [-0.25, -0.2) is 4.39 Å². The molecule has 0 spiro atoms. The highest BCUT2D eigenvalue weighted by Gasteiger charge is 2.23. The number of benzene rings is 2. The smallest absolute Gasteiger partial charge is 0.269 e. The molecule has 0 saturated carbocycles. The Hall–Kier alpha value is -2.77. The van der Waals surface area contributed by atoms with E-state index in [1.807, 2.05) is 0 Å². The average Bonchev–Trinajstić information content (AvgIpc) is 2.98. The van der Waals surface area contributed by atoms with Crippen molar-refractivity contribution in [3.05, 3.63) is 69.0 Å². The van der Waals surface area contributed by atoms with E-state index in [2.05, 4.69) is 5.16 Å². The van der Waals surface area contributed by atoms with Crippen LogP contribution in [-0.2, 0) is 6.61 Å². The van der Waals surface area contributed by atoms with Crippen molar-refractivity contribution >= 4 is 17.3 Å². The van der Waals surface area contributed by atoms with E-state index in [4.69, 9.17) is 16.1 Å². The van der Waals surface area contributed by atoms with Gasteiger partial charge in [0.05, 0.1) is 27.7 Å². The summed E-state index contributed by atoms with van der Waals surface area (Å²) in [5, 5.41) is 24.3. The van der Waals surface area contributed by atoms with Crippen molar-refractivity contribution in [1.29, 1.82) is 0 Å². The Kier molecular flexibility index (Phi) is 4.28. The normalized spacial score (nSPS) is 10.8. The molecule has 0 fully saturated rings. The highest BCUT2D eigenvalue weighted by Crippen LogP contribution is 2.37. The number of nitro benzene ring substituents is 1. The van der Waals surface area contributed by atoms with Crippen molar-refractivity contribution < 1.29 is 18.9 Å². The van der Waals surface area contributed by atoms with Gasteiger partial charge in [-0.2, -0.15) is 0 Å². The Balaban J connectivity index is 2.12. The number of hydrogen-bond acceptors (Lipinski definition) is 5. The van der Waals surface area contributed by atoms with Gasteiger partial charge in [-0.1, -0.05) is 22.8 Å². The number of non-ortho nitro benzene ring substituents is 1. The lowest BCUT2D eigenvalue weighted by Gasteiger charge is -2.04. The Morgan fingerprint density at radius 1 is 1.25 bits per heavy atom. The lowest BCUT2D eigenvalue weighted by molar-refractivity contribution is -0.384. The zero-order valence-electron chi connectivity index (χ0n) is 12.1. The van der Waals surface area contributed by atoms with Gasteiger partial charge in [0.1, 0.15) is 11.5 Å². The summed E-state index contributed by atoms with van der Waals surface area (Å²) in [4.78, 5) is 10.2. The minimum absolute atomic E-state index is 0.0279. The van der Waals surface area contributed by atoms with E-state index in [1.165, 1.54) is 42.5 Å². The maximum atomic E-state index is 14.1. The topological polar surface area (TPSA) is 89.4 Å². The molecule has 0 aliphatic rings. The van der Waals surface area contributed by atoms with Crippen molar-refractivity contribution in [3.8, 4) is 22.6 Å². The summed E-state index contributed by atoms with van der Waals surface area (Å²) in [6, 6.07) is 9.71. The van der Waals surface area contributed by atoms with E-state index in [-0.39, 0.29) is 33.3 Å². The molecule has 0 bridgehead atoms. The van der Waals surface area contributed by atoms with Crippen LogP contribution < -0.4 is 0 Å². The predicted molar refractivity (Wildman–Crippen MR) is 84.9 cm³/mol. The highest BCUT2D eigenvalue weighted by molar-refractivity contribution is 6.33. The first-order chi connectivity index (χ1) is 11.5. The average molecular weight is 349 g/mol. The zero-order chi connectivity index (χ0) is 17.3. The lowest BCUT2D eigenvalue weighted by atomic mass is 10.0. The predicted octanol–water partition coefficient (Wildman–Crippen LogP) is 4.20. The SMILES string of the molecule is O=[N+]([O-])c1ccc(-c2onc(-c3c(F)cccc3Cl)c2CO)cc1. The van der Waals surface area contributed by atoms with E-state index in [0.717, 1.165) is 0 Å². The number of nitrogens with zero attached hydrogens (tertiary/aromatic N) is 2. The van der Waals surface area contributed by atoms with E-state index in [9.17, 15) is 19.6 Å². The fraction of sp³-hybridized carbons (Fsp3) is 0.0625.